The Morgan fingerprint density at radius 2 is 1.45 bits per heavy atom. The molecule has 0 bridgehead atoms. The molecule has 0 unspecified atom stereocenters. The highest BCUT2D eigenvalue weighted by Crippen LogP contribution is 2.10. The van der Waals surface area contributed by atoms with Crippen molar-refractivity contribution in [2.24, 2.45) is 0 Å². The standard InChI is InChI=1S/C6H16O3SSi/c7-4-11(5-8,6-9)3-1-2-10/h7-10H,1-6H2. The van der Waals surface area contributed by atoms with Gasteiger partial charge in [-0.2, -0.15) is 12.6 Å². The maximum atomic E-state index is 8.92. The molecule has 0 rings (SSSR count). The SMILES string of the molecule is OC[Si](CO)(CO)CCCS. The Labute approximate surface area is 73.5 Å². The lowest BCUT2D eigenvalue weighted by atomic mass is 10.6. The minimum atomic E-state index is -2.12. The van der Waals surface area contributed by atoms with Crippen molar-refractivity contribution in [2.75, 3.05) is 24.4 Å². The van der Waals surface area contributed by atoms with E-state index < -0.39 is 8.07 Å². The van der Waals surface area contributed by atoms with E-state index in [1.807, 2.05) is 0 Å². The molecule has 0 aromatic carbocycles. The number of aliphatic hydroxyl groups excluding tert-OH is 3. The van der Waals surface area contributed by atoms with Crippen molar-refractivity contribution in [1.29, 1.82) is 0 Å². The van der Waals surface area contributed by atoms with E-state index >= 15 is 0 Å². The topological polar surface area (TPSA) is 60.7 Å². The molecule has 0 saturated heterocycles. The van der Waals surface area contributed by atoms with Gasteiger partial charge in [-0.05, 0) is 12.2 Å². The Kier molecular flexibility index (Phi) is 6.26. The molecule has 0 amide bonds. The maximum absolute atomic E-state index is 8.92. The Balaban J connectivity index is 3.84. The third-order valence-electron chi connectivity index (χ3n) is 1.87. The first-order chi connectivity index (χ1) is 5.24. The van der Waals surface area contributed by atoms with Gasteiger partial charge in [0.05, 0.1) is 0 Å². The van der Waals surface area contributed by atoms with Crippen LogP contribution in [0.4, 0.5) is 0 Å². The predicted octanol–water partition coefficient (Wildman–Crippen LogP) is -0.650. The van der Waals surface area contributed by atoms with Gasteiger partial charge in [0, 0.05) is 18.7 Å². The molecule has 0 aliphatic rings. The number of hydrogen-bond donors (Lipinski definition) is 4. The number of rotatable bonds is 6. The third kappa shape index (κ3) is 3.57. The summed E-state index contributed by atoms with van der Waals surface area (Å²) in [6.07, 6.45) is 0.756. The van der Waals surface area contributed by atoms with E-state index in [-0.39, 0.29) is 18.7 Å². The fourth-order valence-electron chi connectivity index (χ4n) is 0.841. The van der Waals surface area contributed by atoms with E-state index in [1.54, 1.807) is 0 Å². The van der Waals surface area contributed by atoms with Gasteiger partial charge in [0.25, 0.3) is 0 Å². The van der Waals surface area contributed by atoms with Crippen LogP contribution in [-0.4, -0.2) is 47.8 Å². The molecule has 0 aliphatic carbocycles. The third-order valence-corrected chi connectivity index (χ3v) is 5.61. The summed E-state index contributed by atoms with van der Waals surface area (Å²) < 4.78 is 0. The molecule has 68 valence electrons. The highest BCUT2D eigenvalue weighted by Gasteiger charge is 2.30. The number of aliphatic hydroxyl groups is 3. The van der Waals surface area contributed by atoms with Crippen molar-refractivity contribution in [2.45, 2.75) is 12.5 Å². The van der Waals surface area contributed by atoms with Gasteiger partial charge in [0.1, 0.15) is 8.07 Å². The molecule has 0 aromatic rings. The van der Waals surface area contributed by atoms with Gasteiger partial charge in [-0.1, -0.05) is 6.04 Å². The van der Waals surface area contributed by atoms with Crippen molar-refractivity contribution in [1.82, 2.24) is 0 Å². The summed E-state index contributed by atoms with van der Waals surface area (Å²) in [4.78, 5) is 0. The monoisotopic (exact) mass is 196 g/mol. The van der Waals surface area contributed by atoms with Gasteiger partial charge in [-0.15, -0.1) is 0 Å². The van der Waals surface area contributed by atoms with Crippen molar-refractivity contribution in [3.63, 3.8) is 0 Å². The minimum absolute atomic E-state index is 0.0340. The van der Waals surface area contributed by atoms with Gasteiger partial charge in [0.15, 0.2) is 0 Å². The highest BCUT2D eigenvalue weighted by molar-refractivity contribution is 7.80. The van der Waals surface area contributed by atoms with Crippen LogP contribution in [0.5, 0.6) is 0 Å². The smallest absolute Gasteiger partial charge is 0.139 e. The van der Waals surface area contributed by atoms with Crippen molar-refractivity contribution < 1.29 is 15.3 Å². The largest absolute Gasteiger partial charge is 0.399 e. The lowest BCUT2D eigenvalue weighted by Crippen LogP contribution is -2.48. The fourth-order valence-corrected chi connectivity index (χ4v) is 3.00. The molecule has 0 saturated carbocycles. The molecule has 5 heteroatoms. The highest BCUT2D eigenvalue weighted by atomic mass is 32.1. The van der Waals surface area contributed by atoms with Crippen molar-refractivity contribution in [3.05, 3.63) is 0 Å². The normalized spacial score (nSPS) is 12.0. The Morgan fingerprint density at radius 1 is 1.00 bits per heavy atom. The molecular formula is C6H16O3SSi. The zero-order valence-electron chi connectivity index (χ0n) is 6.53. The van der Waals surface area contributed by atoms with E-state index in [4.69, 9.17) is 15.3 Å². The second-order valence-electron chi connectivity index (χ2n) is 2.80. The summed E-state index contributed by atoms with van der Waals surface area (Å²) >= 11 is 4.03. The summed E-state index contributed by atoms with van der Waals surface area (Å²) in [7, 11) is -2.12. The first-order valence-corrected chi connectivity index (χ1v) is 7.14. The van der Waals surface area contributed by atoms with Crippen LogP contribution >= 0.6 is 12.6 Å². The first-order valence-electron chi connectivity index (χ1n) is 3.68. The quantitative estimate of drug-likeness (QED) is 0.337. The lowest BCUT2D eigenvalue weighted by Gasteiger charge is -2.23. The van der Waals surface area contributed by atoms with Gasteiger partial charge >= 0.3 is 0 Å². The second-order valence-corrected chi connectivity index (χ2v) is 7.70. The molecule has 11 heavy (non-hydrogen) atoms. The molecule has 0 heterocycles. The van der Waals surface area contributed by atoms with Crippen LogP contribution in [0.15, 0.2) is 0 Å². The Hall–Kier alpha value is 0.447. The van der Waals surface area contributed by atoms with Gasteiger partial charge in [-0.3, -0.25) is 0 Å². The second kappa shape index (κ2) is 6.02. The molecule has 0 aliphatic heterocycles. The van der Waals surface area contributed by atoms with Crippen LogP contribution in [0, 0.1) is 0 Å². The van der Waals surface area contributed by atoms with Gasteiger partial charge < -0.3 is 15.3 Å². The average Bonchev–Trinajstić information content (AvgIpc) is 2.08. The van der Waals surface area contributed by atoms with Gasteiger partial charge in [-0.25, -0.2) is 0 Å². The summed E-state index contributed by atoms with van der Waals surface area (Å²) in [5, 5.41) is 26.8. The van der Waals surface area contributed by atoms with Crippen LogP contribution < -0.4 is 0 Å². The predicted molar refractivity (Wildman–Crippen MR) is 50.3 cm³/mol. The van der Waals surface area contributed by atoms with Gasteiger partial charge in [0.2, 0.25) is 0 Å². The minimum Gasteiger partial charge on any atom is -0.399 e. The molecule has 0 spiro atoms. The summed E-state index contributed by atoms with van der Waals surface area (Å²) in [5.41, 5.74) is 0. The van der Waals surface area contributed by atoms with Crippen LogP contribution in [-0.2, 0) is 0 Å². The number of hydrogen-bond acceptors (Lipinski definition) is 4. The van der Waals surface area contributed by atoms with Crippen molar-refractivity contribution in [3.8, 4) is 0 Å². The first kappa shape index (κ1) is 11.4. The molecule has 0 radical (unpaired) electrons. The van der Waals surface area contributed by atoms with Crippen LogP contribution in [0.3, 0.4) is 0 Å². The molecule has 0 aromatic heterocycles. The fraction of sp³-hybridized carbons (Fsp3) is 1.00. The molecule has 3 nitrogen and oxygen atoms in total. The Morgan fingerprint density at radius 3 is 1.73 bits per heavy atom. The van der Waals surface area contributed by atoms with E-state index in [0.717, 1.165) is 18.2 Å². The van der Waals surface area contributed by atoms with Crippen molar-refractivity contribution >= 4 is 20.7 Å². The average molecular weight is 196 g/mol. The lowest BCUT2D eigenvalue weighted by molar-refractivity contribution is 0.286. The zero-order chi connectivity index (χ0) is 8.74. The molecule has 0 atom stereocenters. The van der Waals surface area contributed by atoms with Crippen LogP contribution in [0.2, 0.25) is 6.04 Å². The van der Waals surface area contributed by atoms with E-state index in [0.29, 0.717) is 0 Å². The van der Waals surface area contributed by atoms with E-state index in [1.165, 1.54) is 0 Å². The zero-order valence-corrected chi connectivity index (χ0v) is 8.43. The molecule has 0 fully saturated rings. The maximum Gasteiger partial charge on any atom is 0.139 e. The number of thiol groups is 1. The van der Waals surface area contributed by atoms with E-state index in [9.17, 15) is 0 Å². The van der Waals surface area contributed by atoms with Crippen LogP contribution in [0.1, 0.15) is 6.42 Å². The molecule has 3 N–H and O–H groups in total. The Bertz CT molecular complexity index is 89.6. The molecular weight excluding hydrogens is 180 g/mol. The summed E-state index contributed by atoms with van der Waals surface area (Å²) in [6, 6.07) is 0.750. The summed E-state index contributed by atoms with van der Waals surface area (Å²) in [6.45, 7) is 0. The van der Waals surface area contributed by atoms with E-state index in [2.05, 4.69) is 12.6 Å². The summed E-state index contributed by atoms with van der Waals surface area (Å²) in [5.74, 6) is 0.745. The van der Waals surface area contributed by atoms with Crippen LogP contribution in [0.25, 0.3) is 0 Å².